The summed E-state index contributed by atoms with van der Waals surface area (Å²) in [6, 6.07) is 1.93. The van der Waals surface area contributed by atoms with E-state index in [0.29, 0.717) is 24.7 Å². The molecule has 110 valence electrons. The number of carbonyl (C=O) groups is 1. The SMILES string of the molecule is C/C(=N/NC(=O)CC1(C)OCCO1)c1oc(C)cc1C. The van der Waals surface area contributed by atoms with E-state index in [2.05, 4.69) is 10.5 Å². The maximum absolute atomic E-state index is 11.8. The van der Waals surface area contributed by atoms with Gasteiger partial charge >= 0.3 is 0 Å². The second-order valence-electron chi connectivity index (χ2n) is 5.11. The summed E-state index contributed by atoms with van der Waals surface area (Å²) in [6.45, 7) is 8.37. The number of rotatable bonds is 4. The summed E-state index contributed by atoms with van der Waals surface area (Å²) in [7, 11) is 0. The fraction of sp³-hybridized carbons (Fsp3) is 0.571. The molecule has 0 spiro atoms. The van der Waals surface area contributed by atoms with E-state index in [1.807, 2.05) is 19.9 Å². The van der Waals surface area contributed by atoms with Crippen molar-refractivity contribution in [1.82, 2.24) is 5.43 Å². The topological polar surface area (TPSA) is 73.1 Å². The van der Waals surface area contributed by atoms with Crippen molar-refractivity contribution in [2.24, 2.45) is 5.10 Å². The van der Waals surface area contributed by atoms with Gasteiger partial charge < -0.3 is 13.9 Å². The van der Waals surface area contributed by atoms with Crippen molar-refractivity contribution in [2.45, 2.75) is 39.9 Å². The summed E-state index contributed by atoms with van der Waals surface area (Å²) in [6.07, 6.45) is 0.111. The van der Waals surface area contributed by atoms with Crippen LogP contribution in [0.1, 0.15) is 37.4 Å². The van der Waals surface area contributed by atoms with Crippen LogP contribution in [0.5, 0.6) is 0 Å². The zero-order chi connectivity index (χ0) is 14.8. The summed E-state index contributed by atoms with van der Waals surface area (Å²) in [5, 5.41) is 4.05. The lowest BCUT2D eigenvalue weighted by Gasteiger charge is -2.20. The van der Waals surface area contributed by atoms with Crippen LogP contribution in [0.2, 0.25) is 0 Å². The van der Waals surface area contributed by atoms with E-state index in [1.54, 1.807) is 13.8 Å². The Balaban J connectivity index is 1.94. The van der Waals surface area contributed by atoms with Gasteiger partial charge in [-0.2, -0.15) is 5.10 Å². The first kappa shape index (κ1) is 14.7. The number of hydrogen-bond acceptors (Lipinski definition) is 5. The van der Waals surface area contributed by atoms with Crippen LogP contribution >= 0.6 is 0 Å². The smallest absolute Gasteiger partial charge is 0.245 e. The molecule has 1 amide bonds. The fourth-order valence-corrected chi connectivity index (χ4v) is 2.19. The van der Waals surface area contributed by atoms with Gasteiger partial charge in [0.15, 0.2) is 11.5 Å². The second kappa shape index (κ2) is 5.76. The molecule has 1 aromatic heterocycles. The third-order valence-corrected chi connectivity index (χ3v) is 3.10. The molecule has 2 rings (SSSR count). The molecule has 1 N–H and O–H groups in total. The Morgan fingerprint density at radius 2 is 2.05 bits per heavy atom. The highest BCUT2D eigenvalue weighted by molar-refractivity contribution is 5.98. The molecule has 6 nitrogen and oxygen atoms in total. The summed E-state index contributed by atoms with van der Waals surface area (Å²) in [4.78, 5) is 11.8. The fourth-order valence-electron chi connectivity index (χ4n) is 2.19. The number of amides is 1. The highest BCUT2D eigenvalue weighted by atomic mass is 16.7. The third-order valence-electron chi connectivity index (χ3n) is 3.10. The zero-order valence-corrected chi connectivity index (χ0v) is 12.3. The predicted octanol–water partition coefficient (Wildman–Crippen LogP) is 1.89. The van der Waals surface area contributed by atoms with Crippen LogP contribution in [-0.4, -0.2) is 30.6 Å². The minimum absolute atomic E-state index is 0.111. The molecule has 1 aromatic rings. The first-order chi connectivity index (χ1) is 9.39. The molecule has 0 bridgehead atoms. The van der Waals surface area contributed by atoms with E-state index < -0.39 is 5.79 Å². The summed E-state index contributed by atoms with van der Waals surface area (Å²) in [5.41, 5.74) is 4.12. The average Bonchev–Trinajstić information content (AvgIpc) is 2.92. The maximum atomic E-state index is 11.8. The number of furan rings is 1. The molecule has 1 fully saturated rings. The zero-order valence-electron chi connectivity index (χ0n) is 12.3. The van der Waals surface area contributed by atoms with E-state index in [-0.39, 0.29) is 12.3 Å². The molecule has 0 unspecified atom stereocenters. The van der Waals surface area contributed by atoms with Gasteiger partial charge in [-0.3, -0.25) is 4.79 Å². The normalized spacial score (nSPS) is 18.3. The first-order valence-corrected chi connectivity index (χ1v) is 6.58. The van der Waals surface area contributed by atoms with Crippen LogP contribution in [0.25, 0.3) is 0 Å². The van der Waals surface area contributed by atoms with Crippen molar-refractivity contribution in [1.29, 1.82) is 0 Å². The second-order valence-corrected chi connectivity index (χ2v) is 5.11. The molecule has 0 saturated carbocycles. The summed E-state index contributed by atoms with van der Waals surface area (Å²) < 4.78 is 16.3. The molecule has 1 saturated heterocycles. The molecule has 20 heavy (non-hydrogen) atoms. The molecule has 1 aliphatic rings. The number of ether oxygens (including phenoxy) is 2. The highest BCUT2D eigenvalue weighted by Gasteiger charge is 2.33. The molecule has 1 aliphatic heterocycles. The van der Waals surface area contributed by atoms with E-state index >= 15 is 0 Å². The molecule has 0 aromatic carbocycles. The lowest BCUT2D eigenvalue weighted by atomic mass is 10.2. The number of hydrogen-bond donors (Lipinski definition) is 1. The standard InChI is InChI=1S/C14H20N2O4/c1-9-7-10(2)20-13(9)11(3)15-16-12(17)8-14(4)18-5-6-19-14/h7H,5-6,8H2,1-4H3,(H,16,17)/b15-11-. The number of nitrogens with zero attached hydrogens (tertiary/aromatic N) is 1. The van der Waals surface area contributed by atoms with E-state index in [9.17, 15) is 4.79 Å². The van der Waals surface area contributed by atoms with Crippen molar-refractivity contribution >= 4 is 11.6 Å². The maximum Gasteiger partial charge on any atom is 0.245 e. The predicted molar refractivity (Wildman–Crippen MR) is 73.5 cm³/mol. The average molecular weight is 280 g/mol. The Labute approximate surface area is 118 Å². The van der Waals surface area contributed by atoms with Crippen LogP contribution in [0.4, 0.5) is 0 Å². The van der Waals surface area contributed by atoms with Gasteiger partial charge in [-0.25, -0.2) is 5.43 Å². The van der Waals surface area contributed by atoms with E-state index in [4.69, 9.17) is 13.9 Å². The number of aryl methyl sites for hydroxylation is 2. The van der Waals surface area contributed by atoms with Crippen LogP contribution < -0.4 is 5.43 Å². The van der Waals surface area contributed by atoms with Crippen LogP contribution in [0.15, 0.2) is 15.6 Å². The quantitative estimate of drug-likeness (QED) is 0.675. The van der Waals surface area contributed by atoms with Gasteiger partial charge in [-0.15, -0.1) is 0 Å². The van der Waals surface area contributed by atoms with Gasteiger partial charge in [0.25, 0.3) is 0 Å². The lowest BCUT2D eigenvalue weighted by molar-refractivity contribution is -0.159. The van der Waals surface area contributed by atoms with Gasteiger partial charge in [0, 0.05) is 0 Å². The minimum atomic E-state index is -0.843. The lowest BCUT2D eigenvalue weighted by Crippen LogP contribution is -2.33. The number of nitrogens with one attached hydrogen (secondary N) is 1. The van der Waals surface area contributed by atoms with Crippen LogP contribution in [-0.2, 0) is 14.3 Å². The molecule has 6 heteroatoms. The Kier molecular flexibility index (Phi) is 4.25. The van der Waals surface area contributed by atoms with E-state index in [0.717, 1.165) is 11.3 Å². The van der Waals surface area contributed by atoms with Crippen molar-refractivity contribution < 1.29 is 18.7 Å². The Morgan fingerprint density at radius 1 is 1.40 bits per heavy atom. The third kappa shape index (κ3) is 3.46. The Morgan fingerprint density at radius 3 is 2.60 bits per heavy atom. The molecule has 0 radical (unpaired) electrons. The van der Waals surface area contributed by atoms with Crippen molar-refractivity contribution in [2.75, 3.05) is 13.2 Å². The first-order valence-electron chi connectivity index (χ1n) is 6.58. The van der Waals surface area contributed by atoms with Gasteiger partial charge in [0.05, 0.1) is 19.6 Å². The molecule has 2 heterocycles. The van der Waals surface area contributed by atoms with Crippen LogP contribution in [0, 0.1) is 13.8 Å². The molecular weight excluding hydrogens is 260 g/mol. The van der Waals surface area contributed by atoms with Gasteiger partial charge in [0.2, 0.25) is 5.91 Å². The highest BCUT2D eigenvalue weighted by Crippen LogP contribution is 2.22. The molecular formula is C14H20N2O4. The van der Waals surface area contributed by atoms with E-state index in [1.165, 1.54) is 0 Å². The molecule has 0 atom stereocenters. The van der Waals surface area contributed by atoms with Gasteiger partial charge in [0.1, 0.15) is 11.5 Å². The number of hydrazone groups is 1. The van der Waals surface area contributed by atoms with Crippen LogP contribution in [0.3, 0.4) is 0 Å². The van der Waals surface area contributed by atoms with Crippen molar-refractivity contribution in [3.63, 3.8) is 0 Å². The molecule has 0 aliphatic carbocycles. The van der Waals surface area contributed by atoms with Crippen molar-refractivity contribution in [3.05, 3.63) is 23.2 Å². The van der Waals surface area contributed by atoms with Gasteiger partial charge in [-0.05, 0) is 39.3 Å². The summed E-state index contributed by atoms with van der Waals surface area (Å²) >= 11 is 0. The number of carbonyl (C=O) groups excluding carboxylic acids is 1. The Bertz CT molecular complexity index is 527. The van der Waals surface area contributed by atoms with Gasteiger partial charge in [-0.1, -0.05) is 0 Å². The largest absolute Gasteiger partial charge is 0.460 e. The van der Waals surface area contributed by atoms with Crippen molar-refractivity contribution in [3.8, 4) is 0 Å². The Hall–Kier alpha value is -1.66. The monoisotopic (exact) mass is 280 g/mol. The minimum Gasteiger partial charge on any atom is -0.460 e. The summed E-state index contributed by atoms with van der Waals surface area (Å²) in [5.74, 6) is 0.403.